The zero-order chi connectivity index (χ0) is 39.5. The molecule has 0 unspecified atom stereocenters. The van der Waals surface area contributed by atoms with E-state index >= 15 is 0 Å². The molecule has 59 heavy (non-hydrogen) atoms. The number of hydrogen-bond acceptors (Lipinski definition) is 4. The first-order chi connectivity index (χ1) is 29.1. The van der Waals surface area contributed by atoms with Crippen molar-refractivity contribution >= 4 is 112 Å². The summed E-state index contributed by atoms with van der Waals surface area (Å²) in [6, 6.07) is 68.2. The second-order valence-electron chi connectivity index (χ2n) is 15.0. The van der Waals surface area contributed by atoms with Gasteiger partial charge in [-0.25, -0.2) is 0 Å². The van der Waals surface area contributed by atoms with Crippen molar-refractivity contribution in [3.05, 3.63) is 205 Å². The van der Waals surface area contributed by atoms with Crippen LogP contribution in [0.15, 0.2) is 193 Å². The van der Waals surface area contributed by atoms with Gasteiger partial charge in [-0.05, 0) is 102 Å². The van der Waals surface area contributed by atoms with E-state index in [4.69, 9.17) is 11.6 Å². The number of rotatable bonds is 4. The summed E-state index contributed by atoms with van der Waals surface area (Å²) in [5, 5.41) is 19.2. The van der Waals surface area contributed by atoms with Gasteiger partial charge in [0.2, 0.25) is 0 Å². The normalized spacial score (nSPS) is 12.0. The average molecular weight is 792 g/mol. The van der Waals surface area contributed by atoms with E-state index in [1.54, 1.807) is 11.3 Å². The molecule has 0 amide bonds. The average Bonchev–Trinajstić information content (AvgIpc) is 3.88. The van der Waals surface area contributed by atoms with Crippen LogP contribution in [0.1, 0.15) is 16.7 Å². The lowest BCUT2D eigenvalue weighted by Crippen LogP contribution is -2.15. The van der Waals surface area contributed by atoms with Crippen LogP contribution in [-0.2, 0) is 6.42 Å². The fourth-order valence-corrected chi connectivity index (χ4v) is 11.4. The molecule has 4 N–H and O–H groups in total. The highest BCUT2D eigenvalue weighted by Crippen LogP contribution is 2.43. The molecule has 280 valence electrons. The molecule has 0 aliphatic rings. The van der Waals surface area contributed by atoms with Gasteiger partial charge < -0.3 is 11.6 Å². The third-order valence-electron chi connectivity index (χ3n) is 11.7. The summed E-state index contributed by atoms with van der Waals surface area (Å²) in [5.74, 6) is 5.65. The van der Waals surface area contributed by atoms with Crippen LogP contribution in [0.3, 0.4) is 0 Å². The van der Waals surface area contributed by atoms with Crippen molar-refractivity contribution in [2.24, 2.45) is 16.7 Å². The van der Waals surface area contributed by atoms with Crippen LogP contribution in [0, 0.1) is 0 Å². The number of nitrogens with zero attached hydrogens (tertiary/aromatic N) is 1. The molecule has 12 rings (SSSR count). The molecule has 0 saturated carbocycles. The van der Waals surface area contributed by atoms with Gasteiger partial charge in [0, 0.05) is 45.9 Å². The van der Waals surface area contributed by atoms with E-state index in [0.29, 0.717) is 5.84 Å². The van der Waals surface area contributed by atoms with E-state index in [2.05, 4.69) is 169 Å². The van der Waals surface area contributed by atoms with Gasteiger partial charge in [-0.15, -0.1) is 22.7 Å². The third-order valence-corrected chi connectivity index (χ3v) is 14.0. The van der Waals surface area contributed by atoms with E-state index in [9.17, 15) is 0 Å². The highest BCUT2D eigenvalue weighted by Gasteiger charge is 2.16. The molecule has 2 aromatic heterocycles. The van der Waals surface area contributed by atoms with Gasteiger partial charge in [-0.2, -0.15) is 5.10 Å². The molecule has 0 aliphatic carbocycles. The minimum atomic E-state index is 0.374. The molecule has 0 atom stereocenters. The van der Waals surface area contributed by atoms with Crippen LogP contribution >= 0.6 is 22.7 Å². The molecule has 0 saturated heterocycles. The largest absolute Gasteiger partial charge is 0.382 e. The summed E-state index contributed by atoms with van der Waals surface area (Å²) in [5.41, 5.74) is 12.0. The number of fused-ring (bicyclic) bond motifs is 14. The molecule has 10 aromatic carbocycles. The van der Waals surface area contributed by atoms with Gasteiger partial charge in [0.1, 0.15) is 0 Å². The molecule has 0 aliphatic heterocycles. The Kier molecular flexibility index (Phi) is 8.58. The first-order valence-corrected chi connectivity index (χ1v) is 21.5. The second kappa shape index (κ2) is 14.4. The van der Waals surface area contributed by atoms with Gasteiger partial charge >= 0.3 is 0 Å². The minimum absolute atomic E-state index is 0.374. The quantitative estimate of drug-likeness (QED) is 0.0613. The first kappa shape index (κ1) is 35.1. The van der Waals surface area contributed by atoms with E-state index in [1.807, 2.05) is 35.6 Å². The summed E-state index contributed by atoms with van der Waals surface area (Å²) in [6.07, 6.45) is 0.924. The summed E-state index contributed by atoms with van der Waals surface area (Å²) >= 11 is 3.64. The fourth-order valence-electron chi connectivity index (χ4n) is 9.08. The SMILES string of the molecule is N/N=C(\N)c1cccc2sc3ccccc3c12.c1ccc2c(c1)sc1cccc(Cc3ccc(-c4cc5c6ccccc6c6ccccc6c5c5ccccc45)cc3)c12. The fraction of sp³-hybridized carbons (Fsp3) is 0.0185. The van der Waals surface area contributed by atoms with Crippen LogP contribution in [0.5, 0.6) is 0 Å². The number of hydrogen-bond donors (Lipinski definition) is 2. The lowest BCUT2D eigenvalue weighted by Gasteiger charge is -2.16. The van der Waals surface area contributed by atoms with E-state index < -0.39 is 0 Å². The maximum Gasteiger partial charge on any atom is 0.150 e. The van der Waals surface area contributed by atoms with Crippen LogP contribution in [0.2, 0.25) is 0 Å². The van der Waals surface area contributed by atoms with Crippen molar-refractivity contribution in [1.82, 2.24) is 0 Å². The van der Waals surface area contributed by atoms with E-state index in [1.165, 1.54) is 100 Å². The predicted molar refractivity (Wildman–Crippen MR) is 258 cm³/mol. The lowest BCUT2D eigenvalue weighted by atomic mass is 9.87. The van der Waals surface area contributed by atoms with E-state index in [0.717, 1.165) is 17.4 Å². The number of benzene rings is 10. The number of hydrazone groups is 1. The van der Waals surface area contributed by atoms with Gasteiger partial charge in [-0.3, -0.25) is 0 Å². The third kappa shape index (κ3) is 5.89. The Balaban J connectivity index is 0.000000195. The summed E-state index contributed by atoms with van der Waals surface area (Å²) < 4.78 is 5.18. The Morgan fingerprint density at radius 1 is 0.407 bits per heavy atom. The standard InChI is InChI=1S/C41H26S.C13H11N3S/c1-2-13-31-29(11-1)30-12-3-5-15-33(30)41-34-16-6-4-14-32(34)36(25-37(31)41)27-22-20-26(21-23-27)24-28-10-9-19-39-40(28)35-17-7-8-18-38(35)42-39;14-13(16-15)9-5-3-7-11-12(9)8-4-1-2-6-10(8)17-11/h1-23,25H,24H2;1-7H,15H2,(H2,14,16). The summed E-state index contributed by atoms with van der Waals surface area (Å²) in [7, 11) is 0. The molecule has 5 heteroatoms. The molecule has 0 fully saturated rings. The smallest absolute Gasteiger partial charge is 0.150 e. The highest BCUT2D eigenvalue weighted by molar-refractivity contribution is 7.26. The molecular formula is C54H37N3S2. The Hall–Kier alpha value is -7.05. The number of thiophene rings is 2. The van der Waals surface area contributed by atoms with Crippen LogP contribution in [0.25, 0.3) is 94.6 Å². The van der Waals surface area contributed by atoms with Crippen LogP contribution in [-0.4, -0.2) is 5.84 Å². The zero-order valence-corrected chi connectivity index (χ0v) is 33.7. The molecule has 0 radical (unpaired) electrons. The minimum Gasteiger partial charge on any atom is -0.382 e. The molecule has 2 heterocycles. The van der Waals surface area contributed by atoms with Gasteiger partial charge in [0.15, 0.2) is 5.84 Å². The lowest BCUT2D eigenvalue weighted by molar-refractivity contribution is 1.22. The Morgan fingerprint density at radius 2 is 0.881 bits per heavy atom. The van der Waals surface area contributed by atoms with Crippen LogP contribution in [0.4, 0.5) is 0 Å². The number of nitrogens with two attached hydrogens (primary N) is 2. The highest BCUT2D eigenvalue weighted by atomic mass is 32.1. The van der Waals surface area contributed by atoms with Crippen molar-refractivity contribution in [2.45, 2.75) is 6.42 Å². The summed E-state index contributed by atoms with van der Waals surface area (Å²) in [4.78, 5) is 0. The zero-order valence-electron chi connectivity index (χ0n) is 32.0. The Bertz CT molecular complexity index is 3610. The first-order valence-electron chi connectivity index (χ1n) is 19.8. The molecule has 12 aromatic rings. The molecule has 3 nitrogen and oxygen atoms in total. The van der Waals surface area contributed by atoms with Gasteiger partial charge in [0.25, 0.3) is 0 Å². The molecule has 0 spiro atoms. The van der Waals surface area contributed by atoms with Gasteiger partial charge in [-0.1, -0.05) is 158 Å². The van der Waals surface area contributed by atoms with E-state index in [-0.39, 0.29) is 0 Å². The molecular weight excluding hydrogens is 755 g/mol. The molecule has 0 bridgehead atoms. The van der Waals surface area contributed by atoms with Crippen molar-refractivity contribution in [2.75, 3.05) is 0 Å². The van der Waals surface area contributed by atoms with Crippen molar-refractivity contribution in [3.63, 3.8) is 0 Å². The number of amidine groups is 1. The van der Waals surface area contributed by atoms with Crippen LogP contribution < -0.4 is 11.6 Å². The Morgan fingerprint density at radius 3 is 1.53 bits per heavy atom. The topological polar surface area (TPSA) is 64.4 Å². The van der Waals surface area contributed by atoms with Crippen molar-refractivity contribution < 1.29 is 0 Å². The predicted octanol–water partition coefficient (Wildman–Crippen LogP) is 14.6. The van der Waals surface area contributed by atoms with Crippen molar-refractivity contribution in [1.29, 1.82) is 0 Å². The maximum absolute atomic E-state index is 5.84. The second-order valence-corrected chi connectivity index (χ2v) is 17.2. The van der Waals surface area contributed by atoms with Crippen molar-refractivity contribution in [3.8, 4) is 11.1 Å². The van der Waals surface area contributed by atoms with Gasteiger partial charge in [0.05, 0.1) is 0 Å². The summed E-state index contributed by atoms with van der Waals surface area (Å²) in [6.45, 7) is 0. The Labute approximate surface area is 349 Å². The maximum atomic E-state index is 5.84. The monoisotopic (exact) mass is 791 g/mol.